The Bertz CT molecular complexity index is 598. The van der Waals surface area contributed by atoms with Crippen LogP contribution in [-0.4, -0.2) is 15.6 Å². The summed E-state index contributed by atoms with van der Waals surface area (Å²) in [7, 11) is 0. The van der Waals surface area contributed by atoms with E-state index in [1.54, 1.807) is 0 Å². The summed E-state index contributed by atoms with van der Waals surface area (Å²) in [5, 5.41) is 3.22. The fraction of sp³-hybridized carbons (Fsp3) is 0.400. The highest BCUT2D eigenvalue weighted by atomic mass is 19.4. The largest absolute Gasteiger partial charge is 0.416 e. The molecule has 1 aromatic carbocycles. The number of anilines is 1. The molecule has 0 radical (unpaired) electrons. The van der Waals surface area contributed by atoms with Crippen molar-refractivity contribution in [2.45, 2.75) is 39.5 Å². The lowest BCUT2D eigenvalue weighted by atomic mass is 10.1. The zero-order chi connectivity index (χ0) is 15.6. The molecule has 0 aliphatic heterocycles. The van der Waals surface area contributed by atoms with E-state index in [1.165, 1.54) is 12.1 Å². The SMILES string of the molecule is Cc1cn(Cc2ccc(C(F)(F)F)cc2)c(NC(C)C)n1. The molecule has 0 amide bonds. The van der Waals surface area contributed by atoms with Crippen molar-refractivity contribution in [3.63, 3.8) is 0 Å². The van der Waals surface area contributed by atoms with Crippen LogP contribution in [0.5, 0.6) is 0 Å². The molecule has 1 aromatic heterocycles. The number of aryl methyl sites for hydroxylation is 1. The normalized spacial score (nSPS) is 12.0. The van der Waals surface area contributed by atoms with E-state index in [4.69, 9.17) is 0 Å². The number of alkyl halides is 3. The molecule has 0 aliphatic rings. The van der Waals surface area contributed by atoms with E-state index in [0.717, 1.165) is 29.3 Å². The van der Waals surface area contributed by atoms with Crippen LogP contribution in [0.2, 0.25) is 0 Å². The Hall–Kier alpha value is -1.98. The minimum atomic E-state index is -4.30. The smallest absolute Gasteiger partial charge is 0.353 e. The standard InChI is InChI=1S/C15H18F3N3/c1-10(2)19-14-20-11(3)8-21(14)9-12-4-6-13(7-5-12)15(16,17)18/h4-8,10H,9H2,1-3H3,(H,19,20). The number of imidazole rings is 1. The summed E-state index contributed by atoms with van der Waals surface area (Å²) in [6.45, 7) is 6.38. The van der Waals surface area contributed by atoms with Crippen LogP contribution in [0.15, 0.2) is 30.5 Å². The number of nitrogens with one attached hydrogen (secondary N) is 1. The molecule has 0 fully saturated rings. The molecule has 0 saturated carbocycles. The molecule has 114 valence electrons. The van der Waals surface area contributed by atoms with E-state index in [0.29, 0.717) is 6.54 Å². The van der Waals surface area contributed by atoms with E-state index in [1.807, 2.05) is 31.5 Å². The molecule has 0 unspecified atom stereocenters. The molecule has 3 nitrogen and oxygen atoms in total. The van der Waals surface area contributed by atoms with E-state index in [9.17, 15) is 13.2 Å². The first kappa shape index (κ1) is 15.4. The maximum absolute atomic E-state index is 12.5. The summed E-state index contributed by atoms with van der Waals surface area (Å²) in [5.41, 5.74) is 1.03. The number of hydrogen-bond acceptors (Lipinski definition) is 2. The minimum absolute atomic E-state index is 0.234. The van der Waals surface area contributed by atoms with Gasteiger partial charge in [0.05, 0.1) is 17.8 Å². The van der Waals surface area contributed by atoms with Gasteiger partial charge in [-0.05, 0) is 38.5 Å². The van der Waals surface area contributed by atoms with Crippen LogP contribution in [0.4, 0.5) is 19.1 Å². The van der Waals surface area contributed by atoms with Crippen LogP contribution in [-0.2, 0) is 12.7 Å². The van der Waals surface area contributed by atoms with Gasteiger partial charge in [0, 0.05) is 12.2 Å². The first-order valence-electron chi connectivity index (χ1n) is 6.72. The van der Waals surface area contributed by atoms with Crippen molar-refractivity contribution in [2.75, 3.05) is 5.32 Å². The molecule has 0 saturated heterocycles. The van der Waals surface area contributed by atoms with Crippen LogP contribution in [0.3, 0.4) is 0 Å². The molecule has 6 heteroatoms. The fourth-order valence-corrected chi connectivity index (χ4v) is 2.04. The molecule has 0 atom stereocenters. The summed E-state index contributed by atoms with van der Waals surface area (Å²) in [5.74, 6) is 0.724. The Morgan fingerprint density at radius 2 is 1.81 bits per heavy atom. The summed E-state index contributed by atoms with van der Waals surface area (Å²) in [6.07, 6.45) is -2.42. The quantitative estimate of drug-likeness (QED) is 0.921. The molecule has 0 spiro atoms. The lowest BCUT2D eigenvalue weighted by Crippen LogP contribution is -2.15. The second kappa shape index (κ2) is 5.79. The average molecular weight is 297 g/mol. The predicted octanol–water partition coefficient (Wildman–Crippen LogP) is 4.08. The topological polar surface area (TPSA) is 29.9 Å². The van der Waals surface area contributed by atoms with Crippen LogP contribution in [0, 0.1) is 6.92 Å². The van der Waals surface area contributed by atoms with Crippen molar-refractivity contribution in [1.29, 1.82) is 0 Å². The van der Waals surface area contributed by atoms with Crippen LogP contribution < -0.4 is 5.32 Å². The predicted molar refractivity (Wildman–Crippen MR) is 76.3 cm³/mol. The van der Waals surface area contributed by atoms with Gasteiger partial charge in [0.25, 0.3) is 0 Å². The number of aromatic nitrogens is 2. The maximum Gasteiger partial charge on any atom is 0.416 e. The van der Waals surface area contributed by atoms with E-state index >= 15 is 0 Å². The van der Waals surface area contributed by atoms with Crippen LogP contribution >= 0.6 is 0 Å². The third-order valence-corrected chi connectivity index (χ3v) is 2.95. The lowest BCUT2D eigenvalue weighted by molar-refractivity contribution is -0.137. The van der Waals surface area contributed by atoms with Gasteiger partial charge in [0.1, 0.15) is 0 Å². The molecule has 2 aromatic rings. The van der Waals surface area contributed by atoms with Gasteiger partial charge in [-0.1, -0.05) is 12.1 Å². The highest BCUT2D eigenvalue weighted by Gasteiger charge is 2.29. The minimum Gasteiger partial charge on any atom is -0.353 e. The summed E-state index contributed by atoms with van der Waals surface area (Å²) >= 11 is 0. The number of halogens is 3. The number of benzene rings is 1. The summed E-state index contributed by atoms with van der Waals surface area (Å²) in [6, 6.07) is 5.44. The monoisotopic (exact) mass is 297 g/mol. The summed E-state index contributed by atoms with van der Waals surface area (Å²) < 4.78 is 39.5. The zero-order valence-corrected chi connectivity index (χ0v) is 12.2. The van der Waals surface area contributed by atoms with Gasteiger partial charge in [0.2, 0.25) is 5.95 Å². The number of hydrogen-bond donors (Lipinski definition) is 1. The molecular weight excluding hydrogens is 279 g/mol. The summed E-state index contributed by atoms with van der Waals surface area (Å²) in [4.78, 5) is 4.38. The second-order valence-corrected chi connectivity index (χ2v) is 5.33. The number of nitrogens with zero attached hydrogens (tertiary/aromatic N) is 2. The zero-order valence-electron chi connectivity index (χ0n) is 12.2. The average Bonchev–Trinajstić information content (AvgIpc) is 2.68. The first-order chi connectivity index (χ1) is 9.75. The Balaban J connectivity index is 2.18. The van der Waals surface area contributed by atoms with Gasteiger partial charge in [-0.25, -0.2) is 4.98 Å². The van der Waals surface area contributed by atoms with E-state index in [-0.39, 0.29) is 6.04 Å². The van der Waals surface area contributed by atoms with Crippen molar-refractivity contribution >= 4 is 5.95 Å². The highest BCUT2D eigenvalue weighted by molar-refractivity contribution is 5.32. The molecule has 0 bridgehead atoms. The lowest BCUT2D eigenvalue weighted by Gasteiger charge is -2.13. The van der Waals surface area contributed by atoms with Crippen molar-refractivity contribution in [1.82, 2.24) is 9.55 Å². The van der Waals surface area contributed by atoms with Crippen LogP contribution in [0.1, 0.15) is 30.7 Å². The van der Waals surface area contributed by atoms with E-state index in [2.05, 4.69) is 10.3 Å². The van der Waals surface area contributed by atoms with Gasteiger partial charge in [-0.2, -0.15) is 13.2 Å². The van der Waals surface area contributed by atoms with Crippen molar-refractivity contribution in [3.8, 4) is 0 Å². The second-order valence-electron chi connectivity index (χ2n) is 5.33. The molecule has 0 aliphatic carbocycles. The molecular formula is C15H18F3N3. The number of rotatable bonds is 4. The molecule has 2 rings (SSSR count). The Kier molecular flexibility index (Phi) is 4.25. The maximum atomic E-state index is 12.5. The van der Waals surface area contributed by atoms with E-state index < -0.39 is 11.7 Å². The third kappa shape index (κ3) is 4.00. The Labute approximate surface area is 121 Å². The van der Waals surface area contributed by atoms with Crippen molar-refractivity contribution < 1.29 is 13.2 Å². The van der Waals surface area contributed by atoms with Gasteiger partial charge in [0.15, 0.2) is 0 Å². The highest BCUT2D eigenvalue weighted by Crippen LogP contribution is 2.29. The fourth-order valence-electron chi connectivity index (χ4n) is 2.04. The molecule has 21 heavy (non-hydrogen) atoms. The van der Waals surface area contributed by atoms with Gasteiger partial charge < -0.3 is 9.88 Å². The third-order valence-electron chi connectivity index (χ3n) is 2.95. The van der Waals surface area contributed by atoms with Gasteiger partial charge in [-0.15, -0.1) is 0 Å². The molecule has 1 heterocycles. The molecule has 1 N–H and O–H groups in total. The first-order valence-corrected chi connectivity index (χ1v) is 6.72. The van der Waals surface area contributed by atoms with Gasteiger partial charge in [-0.3, -0.25) is 0 Å². The van der Waals surface area contributed by atoms with Crippen molar-refractivity contribution in [3.05, 3.63) is 47.3 Å². The Morgan fingerprint density at radius 3 is 2.33 bits per heavy atom. The Morgan fingerprint density at radius 1 is 1.19 bits per heavy atom. The van der Waals surface area contributed by atoms with Gasteiger partial charge >= 0.3 is 6.18 Å². The van der Waals surface area contributed by atoms with Crippen LogP contribution in [0.25, 0.3) is 0 Å². The van der Waals surface area contributed by atoms with Crippen molar-refractivity contribution in [2.24, 2.45) is 0 Å².